The van der Waals surface area contributed by atoms with Crippen molar-refractivity contribution in [1.82, 2.24) is 0 Å². The average molecular weight is 1400 g/mol. The molecule has 3 heterocycles. The maximum atomic E-state index is 12.6. The zero-order valence-corrected chi connectivity index (χ0v) is 68.0. The van der Waals surface area contributed by atoms with Crippen molar-refractivity contribution in [2.75, 3.05) is 0 Å². The molecule has 0 bridgehead atoms. The number of hydrogen-bond donors (Lipinski definition) is 0. The van der Waals surface area contributed by atoms with E-state index in [4.69, 9.17) is 59.7 Å². The molecule has 88 heavy (non-hydrogen) atoms. The molecule has 0 aromatic heterocycles. The van der Waals surface area contributed by atoms with Crippen LogP contribution in [-0.2, 0) is 78.8 Å². The molecule has 0 aliphatic carbocycles. The third-order valence-electron chi connectivity index (χ3n) is 14.0. The molecular formula is C57H115Al9O22. The van der Waals surface area contributed by atoms with Gasteiger partial charge in [0.25, 0.3) is 23.9 Å². The standard InChI is InChI=1S/C18H36O2.3C8H16O2.5C3H7O.9Al.9O/c1-2-3-4-5-6-7-8-9-10-11-12-13-14-15-16-17-18(19)20;3*1-3-5-6-7(4-2)8(9)10;5*1-3(2)4;;;;;;;;;;;;;;;;;;/h2-17H2,1H3,(H,19,20);3*7H,3-6H2,1-2H3,(H,9,10);5*3H,1-2H3;;;;;;;;;;;;;;;;;;/q;;;;5*-1;9*+1;;;;;;;;;/p-4. The molecule has 3 aliphatic heterocycles. The molecule has 3 rings (SSSR count). The molecule has 0 radical (unpaired) electrons. The van der Waals surface area contributed by atoms with Crippen molar-refractivity contribution >= 4 is 160 Å². The first kappa shape index (κ1) is 88.1. The Morgan fingerprint density at radius 3 is 0.705 bits per heavy atom. The number of carbonyl (C=O) groups excluding carboxylic acids is 4. The van der Waals surface area contributed by atoms with Gasteiger partial charge in [-0.25, -0.2) is 0 Å². The van der Waals surface area contributed by atoms with Crippen molar-refractivity contribution in [2.45, 2.75) is 328 Å². The van der Waals surface area contributed by atoms with E-state index in [2.05, 4.69) is 27.7 Å². The Morgan fingerprint density at radius 1 is 0.273 bits per heavy atom. The van der Waals surface area contributed by atoms with Crippen molar-refractivity contribution in [3.05, 3.63) is 0 Å². The van der Waals surface area contributed by atoms with E-state index >= 15 is 0 Å². The highest BCUT2D eigenvalue weighted by Gasteiger charge is 2.62. The van der Waals surface area contributed by atoms with Gasteiger partial charge in [-0.3, -0.25) is 19.2 Å². The summed E-state index contributed by atoms with van der Waals surface area (Å²) < 4.78 is 102. The molecule has 22 nitrogen and oxygen atoms in total. The summed E-state index contributed by atoms with van der Waals surface area (Å²) in [7, 11) is 0. The third-order valence-corrected chi connectivity index (χ3v) is 35.5. The molecule has 0 spiro atoms. The fourth-order valence-electron chi connectivity index (χ4n) is 8.96. The number of carbonyl (C=O) groups is 4. The zero-order chi connectivity index (χ0) is 65.7. The van der Waals surface area contributed by atoms with E-state index in [-0.39, 0.29) is 72.2 Å². The largest absolute Gasteiger partial charge is 0.948 e. The highest BCUT2D eigenvalue weighted by Crippen LogP contribution is 2.23. The van der Waals surface area contributed by atoms with Crippen LogP contribution < -0.4 is 0 Å². The second kappa shape index (κ2) is 56.0. The molecule has 3 aliphatic rings. The van der Waals surface area contributed by atoms with Crippen molar-refractivity contribution < 1.29 is 78.8 Å². The fourth-order valence-corrected chi connectivity index (χ4v) is 31.0. The van der Waals surface area contributed by atoms with Crippen LogP contribution in [-0.4, -0.2) is 191 Å². The van der Waals surface area contributed by atoms with E-state index in [1.807, 2.05) is 90.0 Å². The summed E-state index contributed by atoms with van der Waals surface area (Å²) in [6.45, 7) is 33.6. The highest BCUT2D eigenvalue weighted by molar-refractivity contribution is 6.69. The third kappa shape index (κ3) is 45.6. The van der Waals surface area contributed by atoms with Gasteiger partial charge in [-0.2, -0.15) is 0 Å². The first-order chi connectivity index (χ1) is 42.1. The lowest BCUT2D eigenvalue weighted by Gasteiger charge is -2.29. The summed E-state index contributed by atoms with van der Waals surface area (Å²) in [5.41, 5.74) is 0. The average Bonchev–Trinajstić information content (AvgIpc) is 3.18. The van der Waals surface area contributed by atoms with Gasteiger partial charge in [0.15, 0.2) is 0 Å². The van der Waals surface area contributed by atoms with Crippen LogP contribution >= 0.6 is 0 Å². The molecule has 0 aromatic carbocycles. The van der Waals surface area contributed by atoms with Gasteiger partial charge in [0.05, 0.1) is 17.8 Å². The lowest BCUT2D eigenvalue weighted by Crippen LogP contribution is -2.55. The Kier molecular flexibility index (Phi) is 56.1. The van der Waals surface area contributed by atoms with Gasteiger partial charge in [-0.1, -0.05) is 177 Å². The van der Waals surface area contributed by atoms with E-state index in [0.29, 0.717) is 19.3 Å². The Morgan fingerprint density at radius 2 is 0.477 bits per heavy atom. The molecule has 0 N–H and O–H groups in total. The number of rotatable bonds is 45. The second-order valence-corrected chi connectivity index (χ2v) is 41.3. The van der Waals surface area contributed by atoms with Crippen LogP contribution in [0.15, 0.2) is 0 Å². The maximum Gasteiger partial charge on any atom is 0.948 e. The molecule has 0 saturated carbocycles. The quantitative estimate of drug-likeness (QED) is 0.0407. The fraction of sp³-hybridized carbons (Fsp3) is 0.930. The minimum Gasteiger partial charge on any atom is -0.574 e. The first-order valence-electron chi connectivity index (χ1n) is 34.1. The van der Waals surface area contributed by atoms with Gasteiger partial charge in [0, 0.05) is 36.9 Å². The summed E-state index contributed by atoms with van der Waals surface area (Å²) >= 11 is -23.1. The topological polar surface area (TPSA) is 234 Å². The monoisotopic (exact) mass is 1390 g/mol. The van der Waals surface area contributed by atoms with E-state index in [9.17, 15) is 19.2 Å². The van der Waals surface area contributed by atoms with E-state index in [1.165, 1.54) is 83.5 Å². The molecule has 0 aromatic rings. The smallest absolute Gasteiger partial charge is 0.574 e. The normalized spacial score (nSPS) is 15.9. The molecule has 31 heteroatoms. The number of hydrogen-bond acceptors (Lipinski definition) is 22. The van der Waals surface area contributed by atoms with Crippen LogP contribution in [0, 0.1) is 17.8 Å². The minimum absolute atomic E-state index is 0.0193. The Labute approximate surface area is 579 Å². The molecule has 3 unspecified atom stereocenters. The predicted octanol–water partition coefficient (Wildman–Crippen LogP) is 13.2. The van der Waals surface area contributed by atoms with Gasteiger partial charge in [0.2, 0.25) is 0 Å². The van der Waals surface area contributed by atoms with Crippen LogP contribution in [0.3, 0.4) is 0 Å². The van der Waals surface area contributed by atoms with Gasteiger partial charge in [0.1, 0.15) is 0 Å². The number of unbranched alkanes of at least 4 members (excludes halogenated alkanes) is 17. The molecular weight excluding hydrogens is 1280 g/mol. The van der Waals surface area contributed by atoms with Crippen molar-refractivity contribution in [3.8, 4) is 0 Å². The van der Waals surface area contributed by atoms with Crippen LogP contribution in [0.5, 0.6) is 0 Å². The predicted molar refractivity (Wildman–Crippen MR) is 346 cm³/mol. The Bertz CT molecular complexity index is 1680. The second-order valence-electron chi connectivity index (χ2n) is 24.0. The molecule has 0 amide bonds. The summed E-state index contributed by atoms with van der Waals surface area (Å²) in [6.07, 6.45) is 30.3. The molecule has 3 atom stereocenters. The summed E-state index contributed by atoms with van der Waals surface area (Å²) in [5, 5.41) is 0. The molecule has 3 saturated heterocycles. The van der Waals surface area contributed by atoms with Gasteiger partial charge in [-0.15, -0.1) is 0 Å². The highest BCUT2D eigenvalue weighted by atomic mass is 27.4. The lowest BCUT2D eigenvalue weighted by molar-refractivity contribution is -0.144. The van der Waals surface area contributed by atoms with Crippen LogP contribution in [0.25, 0.3) is 0 Å². The van der Waals surface area contributed by atoms with Crippen LogP contribution in [0.4, 0.5) is 0 Å². The van der Waals surface area contributed by atoms with Crippen LogP contribution in [0.2, 0.25) is 0 Å². The lowest BCUT2D eigenvalue weighted by atomic mass is 10.00. The van der Waals surface area contributed by atoms with Gasteiger partial charge < -0.3 is 59.7 Å². The minimum atomic E-state index is -2.84. The van der Waals surface area contributed by atoms with Crippen molar-refractivity contribution in [3.63, 3.8) is 0 Å². The summed E-state index contributed by atoms with van der Waals surface area (Å²) in [5.74, 6) is -1.57. The van der Waals surface area contributed by atoms with Crippen molar-refractivity contribution in [1.29, 1.82) is 0 Å². The Hall–Kier alpha value is 2.11. The van der Waals surface area contributed by atoms with Gasteiger partial charge in [-0.05, 0) is 114 Å². The summed E-state index contributed by atoms with van der Waals surface area (Å²) in [6, 6.07) is 0. The van der Waals surface area contributed by atoms with E-state index < -0.39 is 136 Å². The zero-order valence-electron chi connectivity index (χ0n) is 57.6. The summed E-state index contributed by atoms with van der Waals surface area (Å²) in [4.78, 5) is 49.8. The SMILES string of the molecule is CCCCC(CC)C(=O)[O][Al]1[O][Al]([O]C(=O)C(CC)CCCC)[O][Al]([O]C(C)C)[O]1.CCCCC(CC)C(=O)[O][Al]1[O][Al]([O]C(C)C)[O][Al]([O]C(C)C)[O]1.CCCCCCCCCCCCCCCCCC(=O)[O][Al]1[O][Al]([O]C(C)C)[O][Al]([O]C(C)C)[O]1. The molecule has 502 valence electrons. The first-order valence-corrected chi connectivity index (χ1v) is 46.8. The molecule has 3 fully saturated rings. The van der Waals surface area contributed by atoms with Gasteiger partial charge >= 0.3 is 136 Å². The van der Waals surface area contributed by atoms with E-state index in [0.717, 1.165) is 77.0 Å². The van der Waals surface area contributed by atoms with Crippen LogP contribution in [0.1, 0.15) is 297 Å². The van der Waals surface area contributed by atoms with Crippen molar-refractivity contribution in [2.24, 2.45) is 17.8 Å². The van der Waals surface area contributed by atoms with E-state index in [1.54, 1.807) is 0 Å². The Balaban J connectivity index is 0.000000670. The maximum absolute atomic E-state index is 12.6.